The van der Waals surface area contributed by atoms with E-state index in [1.54, 1.807) is 12.1 Å². The van der Waals surface area contributed by atoms with Gasteiger partial charge in [-0.2, -0.15) is 0 Å². The molecule has 0 aromatic heterocycles. The summed E-state index contributed by atoms with van der Waals surface area (Å²) in [5, 5.41) is 7.46. The van der Waals surface area contributed by atoms with Crippen molar-refractivity contribution in [2.45, 2.75) is 56.0 Å². The van der Waals surface area contributed by atoms with E-state index in [0.29, 0.717) is 28.8 Å². The molecule has 3 saturated heterocycles. The molecule has 1 unspecified atom stereocenters. The Hall–Kier alpha value is -1.60. The van der Waals surface area contributed by atoms with Crippen LogP contribution in [0.15, 0.2) is 46.9 Å². The minimum atomic E-state index is -0.713. The maximum absolute atomic E-state index is 13.7. The number of fused-ring (bicyclic) bond motifs is 3. The molecule has 4 aliphatic rings. The third-order valence-electron chi connectivity index (χ3n) is 8.08. The van der Waals surface area contributed by atoms with Crippen LogP contribution in [-0.4, -0.2) is 48.4 Å². The van der Waals surface area contributed by atoms with Gasteiger partial charge in [0.1, 0.15) is 6.04 Å². The van der Waals surface area contributed by atoms with E-state index >= 15 is 0 Å². The highest BCUT2D eigenvalue weighted by Gasteiger charge is 2.53. The van der Waals surface area contributed by atoms with E-state index in [4.69, 9.17) is 23.2 Å². The number of halogens is 3. The quantitative estimate of drug-likeness (QED) is 0.469. The minimum Gasteiger partial charge on any atom is -0.350 e. The van der Waals surface area contributed by atoms with Gasteiger partial charge in [0.25, 0.3) is 0 Å². The Labute approximate surface area is 225 Å². The van der Waals surface area contributed by atoms with E-state index in [1.165, 1.54) is 0 Å². The molecule has 1 saturated carbocycles. The highest BCUT2D eigenvalue weighted by atomic mass is 79.9. The summed E-state index contributed by atoms with van der Waals surface area (Å²) in [6.07, 6.45) is 3.62. The number of hydrogen-bond donors (Lipinski definition) is 2. The average molecular weight is 579 g/mol. The molecule has 1 aliphatic carbocycles. The molecule has 3 heterocycles. The molecule has 5 nitrogen and oxygen atoms in total. The molecule has 35 heavy (non-hydrogen) atoms. The van der Waals surface area contributed by atoms with Crippen LogP contribution in [0, 0.1) is 5.92 Å². The third-order valence-corrected chi connectivity index (χ3v) is 9.16. The third kappa shape index (κ3) is 5.13. The van der Waals surface area contributed by atoms with Gasteiger partial charge in [-0.3, -0.25) is 9.59 Å². The van der Waals surface area contributed by atoms with E-state index in [-0.39, 0.29) is 23.8 Å². The Balaban J connectivity index is 1.39. The van der Waals surface area contributed by atoms with Crippen LogP contribution in [0.3, 0.4) is 0 Å². The molecule has 3 atom stereocenters. The highest BCUT2D eigenvalue weighted by molar-refractivity contribution is 9.10. The molecule has 8 heteroatoms. The van der Waals surface area contributed by atoms with Crippen LogP contribution in [0.2, 0.25) is 10.0 Å². The second kappa shape index (κ2) is 10.0. The van der Waals surface area contributed by atoms with Gasteiger partial charge < -0.3 is 15.5 Å². The lowest BCUT2D eigenvalue weighted by atomic mass is 9.83. The van der Waals surface area contributed by atoms with Gasteiger partial charge in [-0.05, 0) is 80.1 Å². The summed E-state index contributed by atoms with van der Waals surface area (Å²) in [6, 6.07) is 12.6. The van der Waals surface area contributed by atoms with Crippen LogP contribution < -0.4 is 10.6 Å². The molecule has 2 bridgehead atoms. The molecular weight excluding hydrogens is 549 g/mol. The Kier molecular flexibility index (Phi) is 7.19. The SMILES string of the molecule is CC(c1ccc(Br)cc1)[C@H](NC(=O)C1(c2ccc(Cl)cc2Cl)CC1)C(=O)N[C@@H]1CN2CCC1CC2. The van der Waals surface area contributed by atoms with E-state index in [1.807, 2.05) is 37.3 Å². The van der Waals surface area contributed by atoms with Crippen molar-refractivity contribution in [1.82, 2.24) is 15.5 Å². The van der Waals surface area contributed by atoms with Crippen molar-refractivity contribution < 1.29 is 9.59 Å². The first-order chi connectivity index (χ1) is 16.8. The van der Waals surface area contributed by atoms with Gasteiger partial charge in [0, 0.05) is 33.0 Å². The van der Waals surface area contributed by atoms with Gasteiger partial charge in [-0.1, -0.05) is 64.3 Å². The Bertz CT molecular complexity index is 1110. The van der Waals surface area contributed by atoms with Crippen LogP contribution in [0.5, 0.6) is 0 Å². The first-order valence-electron chi connectivity index (χ1n) is 12.3. The number of nitrogens with zero attached hydrogens (tertiary/aromatic N) is 1. The van der Waals surface area contributed by atoms with E-state index in [9.17, 15) is 9.59 Å². The van der Waals surface area contributed by atoms with Crippen LogP contribution in [0.1, 0.15) is 49.7 Å². The zero-order chi connectivity index (χ0) is 24.7. The van der Waals surface area contributed by atoms with Crippen molar-refractivity contribution in [2.24, 2.45) is 5.92 Å². The monoisotopic (exact) mass is 577 g/mol. The average Bonchev–Trinajstić information content (AvgIpc) is 3.65. The largest absolute Gasteiger partial charge is 0.350 e. The number of carbonyl (C=O) groups is 2. The molecule has 2 aromatic rings. The Morgan fingerprint density at radius 3 is 2.34 bits per heavy atom. The molecule has 0 spiro atoms. The second-order valence-corrected chi connectivity index (χ2v) is 12.0. The normalized spacial score (nSPS) is 26.0. The van der Waals surface area contributed by atoms with Crippen LogP contribution in [-0.2, 0) is 15.0 Å². The molecule has 3 aliphatic heterocycles. The van der Waals surface area contributed by atoms with Crippen LogP contribution in [0.4, 0.5) is 0 Å². The van der Waals surface area contributed by atoms with Crippen LogP contribution in [0.25, 0.3) is 0 Å². The van der Waals surface area contributed by atoms with Crippen LogP contribution >= 0.6 is 39.1 Å². The summed E-state index contributed by atoms with van der Waals surface area (Å²) in [6.45, 7) is 5.10. The van der Waals surface area contributed by atoms with Gasteiger partial charge in [-0.25, -0.2) is 0 Å². The van der Waals surface area contributed by atoms with E-state index in [0.717, 1.165) is 48.1 Å². The fourth-order valence-electron chi connectivity index (χ4n) is 5.68. The fourth-order valence-corrected chi connectivity index (χ4v) is 6.53. The summed E-state index contributed by atoms with van der Waals surface area (Å²) < 4.78 is 0.972. The van der Waals surface area contributed by atoms with Gasteiger partial charge in [-0.15, -0.1) is 0 Å². The lowest BCUT2D eigenvalue weighted by Crippen LogP contribution is -2.61. The summed E-state index contributed by atoms with van der Waals surface area (Å²) in [5.41, 5.74) is 1.06. The number of amides is 2. The molecular formula is C27H30BrCl2N3O2. The smallest absolute Gasteiger partial charge is 0.243 e. The fraction of sp³-hybridized carbons (Fsp3) is 0.481. The summed E-state index contributed by atoms with van der Waals surface area (Å²) >= 11 is 16.1. The number of carbonyl (C=O) groups excluding carboxylic acids is 2. The number of rotatable bonds is 7. The predicted octanol–water partition coefficient (Wildman–Crippen LogP) is 5.29. The lowest BCUT2D eigenvalue weighted by molar-refractivity contribution is -0.131. The van der Waals surface area contributed by atoms with Gasteiger partial charge in [0.2, 0.25) is 11.8 Å². The summed E-state index contributed by atoms with van der Waals surface area (Å²) in [7, 11) is 0. The van der Waals surface area contributed by atoms with Crippen molar-refractivity contribution in [2.75, 3.05) is 19.6 Å². The highest BCUT2D eigenvalue weighted by Crippen LogP contribution is 2.51. The first-order valence-corrected chi connectivity index (χ1v) is 13.9. The topological polar surface area (TPSA) is 61.4 Å². The molecule has 2 amide bonds. The molecule has 186 valence electrons. The van der Waals surface area contributed by atoms with E-state index in [2.05, 4.69) is 31.5 Å². The van der Waals surface area contributed by atoms with Crippen molar-refractivity contribution in [3.05, 3.63) is 68.1 Å². The second-order valence-electron chi connectivity index (χ2n) is 10.3. The summed E-state index contributed by atoms with van der Waals surface area (Å²) in [4.78, 5) is 29.8. The zero-order valence-corrected chi connectivity index (χ0v) is 22.8. The number of benzene rings is 2. The maximum atomic E-state index is 13.7. The first kappa shape index (κ1) is 25.1. The van der Waals surface area contributed by atoms with E-state index < -0.39 is 11.5 Å². The number of hydrogen-bond acceptors (Lipinski definition) is 3. The molecule has 6 rings (SSSR count). The van der Waals surface area contributed by atoms with Crippen molar-refractivity contribution >= 4 is 50.9 Å². The number of nitrogens with one attached hydrogen (secondary N) is 2. The zero-order valence-electron chi connectivity index (χ0n) is 19.7. The molecule has 0 radical (unpaired) electrons. The molecule has 4 fully saturated rings. The van der Waals surface area contributed by atoms with Crippen molar-refractivity contribution in [3.63, 3.8) is 0 Å². The van der Waals surface area contributed by atoms with Gasteiger partial charge >= 0.3 is 0 Å². The van der Waals surface area contributed by atoms with Crippen molar-refractivity contribution in [3.8, 4) is 0 Å². The predicted molar refractivity (Wildman–Crippen MR) is 143 cm³/mol. The maximum Gasteiger partial charge on any atom is 0.243 e. The Morgan fingerprint density at radius 2 is 1.77 bits per heavy atom. The minimum absolute atomic E-state index is 0.120. The molecule has 2 N–H and O–H groups in total. The Morgan fingerprint density at radius 1 is 1.09 bits per heavy atom. The van der Waals surface area contributed by atoms with Gasteiger partial charge in [0.05, 0.1) is 5.41 Å². The molecule has 2 aromatic carbocycles. The summed E-state index contributed by atoms with van der Waals surface area (Å²) in [5.74, 6) is 0.0285. The van der Waals surface area contributed by atoms with Crippen molar-refractivity contribution in [1.29, 1.82) is 0 Å². The lowest BCUT2D eigenvalue weighted by Gasteiger charge is -2.45. The number of piperidine rings is 3. The van der Waals surface area contributed by atoms with Gasteiger partial charge in [0.15, 0.2) is 0 Å². The standard InChI is InChI=1S/C27H30BrCl2N3O2/c1-16(17-2-4-19(28)5-3-17)24(25(34)31-23-15-33-12-8-18(23)9-13-33)32-26(35)27(10-11-27)21-7-6-20(29)14-22(21)30/h2-7,14,16,18,23-24H,8-13,15H2,1H3,(H,31,34)(H,32,35)/t16?,23-,24+/m1/s1.